The molecule has 0 unspecified atom stereocenters. The van der Waals surface area contributed by atoms with Crippen LogP contribution in [0.3, 0.4) is 0 Å². The first-order chi connectivity index (χ1) is 9.79. The van der Waals surface area contributed by atoms with E-state index >= 15 is 0 Å². The zero-order valence-electron chi connectivity index (χ0n) is 10.9. The first-order valence-corrected chi connectivity index (χ1v) is 6.61. The Morgan fingerprint density at radius 3 is 2.90 bits per heavy atom. The van der Waals surface area contributed by atoms with Crippen molar-refractivity contribution >= 4 is 22.8 Å². The second kappa shape index (κ2) is 4.23. The van der Waals surface area contributed by atoms with Crippen LogP contribution in [0, 0.1) is 0 Å². The summed E-state index contributed by atoms with van der Waals surface area (Å²) in [5, 5.41) is 0. The van der Waals surface area contributed by atoms with Gasteiger partial charge in [0, 0.05) is 36.6 Å². The molecule has 1 aromatic carbocycles. The number of pyridine rings is 1. The Kier molecular flexibility index (Phi) is 2.39. The van der Waals surface area contributed by atoms with E-state index in [4.69, 9.17) is 10.2 Å². The lowest BCUT2D eigenvalue weighted by Crippen LogP contribution is -2.45. The van der Waals surface area contributed by atoms with E-state index in [2.05, 4.69) is 20.9 Å². The summed E-state index contributed by atoms with van der Waals surface area (Å²) in [6.07, 6.45) is 1.83. The second-order valence-electron chi connectivity index (χ2n) is 5.08. The third-order valence-electron chi connectivity index (χ3n) is 3.66. The number of nitrogen functional groups attached to an aromatic ring is 1. The predicted octanol–water partition coefficient (Wildman–Crippen LogP) is 2.41. The van der Waals surface area contributed by atoms with Crippen molar-refractivity contribution in [2.75, 3.05) is 23.7 Å². The van der Waals surface area contributed by atoms with Crippen molar-refractivity contribution in [3.8, 4) is 0 Å². The van der Waals surface area contributed by atoms with Crippen molar-refractivity contribution in [1.29, 1.82) is 0 Å². The number of anilines is 2. The van der Waals surface area contributed by atoms with Gasteiger partial charge in [-0.25, -0.2) is 0 Å². The third kappa shape index (κ3) is 1.79. The number of aromatic nitrogens is 2. The summed E-state index contributed by atoms with van der Waals surface area (Å²) < 4.78 is 5.75. The summed E-state index contributed by atoms with van der Waals surface area (Å²) in [6, 6.07) is 12.2. The molecule has 0 spiro atoms. The van der Waals surface area contributed by atoms with Gasteiger partial charge in [0.05, 0.1) is 0 Å². The normalized spacial score (nSPS) is 15.5. The summed E-state index contributed by atoms with van der Waals surface area (Å²) in [6.45, 7) is 1.78. The van der Waals surface area contributed by atoms with Crippen LogP contribution in [-0.2, 0) is 0 Å². The quantitative estimate of drug-likeness (QED) is 0.721. The van der Waals surface area contributed by atoms with E-state index < -0.39 is 0 Å². The Morgan fingerprint density at radius 1 is 1.20 bits per heavy atom. The number of hydrogen-bond donors (Lipinski definition) is 1. The Balaban J connectivity index is 1.54. The number of benzene rings is 1. The van der Waals surface area contributed by atoms with Gasteiger partial charge in [-0.2, -0.15) is 4.98 Å². The molecule has 0 radical (unpaired) electrons. The Bertz CT molecular complexity index is 747. The van der Waals surface area contributed by atoms with Gasteiger partial charge in [-0.1, -0.05) is 6.07 Å². The fourth-order valence-corrected chi connectivity index (χ4v) is 2.51. The van der Waals surface area contributed by atoms with Gasteiger partial charge in [0.15, 0.2) is 5.58 Å². The molecule has 4 rings (SSSR count). The number of nitrogens with zero attached hydrogens (tertiary/aromatic N) is 3. The van der Waals surface area contributed by atoms with Gasteiger partial charge in [0.2, 0.25) is 0 Å². The molecule has 2 aromatic heterocycles. The summed E-state index contributed by atoms with van der Waals surface area (Å²) in [4.78, 5) is 11.0. The van der Waals surface area contributed by atoms with Gasteiger partial charge in [0.25, 0.3) is 6.01 Å². The zero-order chi connectivity index (χ0) is 13.5. The van der Waals surface area contributed by atoms with Crippen LogP contribution in [-0.4, -0.2) is 23.1 Å². The minimum Gasteiger partial charge on any atom is -0.423 e. The van der Waals surface area contributed by atoms with Crippen molar-refractivity contribution in [3.63, 3.8) is 0 Å². The molecule has 1 aliphatic rings. The molecule has 0 saturated carbocycles. The maximum atomic E-state index is 5.75. The predicted molar refractivity (Wildman–Crippen MR) is 77.6 cm³/mol. The lowest BCUT2D eigenvalue weighted by atomic mass is 9.96. The van der Waals surface area contributed by atoms with Crippen LogP contribution in [0.25, 0.3) is 11.1 Å². The molecule has 3 heterocycles. The van der Waals surface area contributed by atoms with E-state index in [0.717, 1.165) is 29.9 Å². The van der Waals surface area contributed by atoms with Crippen LogP contribution in [0.4, 0.5) is 11.7 Å². The largest absolute Gasteiger partial charge is 0.423 e. The van der Waals surface area contributed by atoms with E-state index in [1.807, 2.05) is 36.5 Å². The standard InChI is InChI=1S/C15H14N4O/c16-11-4-5-14-13(7-11)18-15(20-14)19-8-10(9-19)12-3-1-2-6-17-12/h1-7,10H,8-9,16H2. The summed E-state index contributed by atoms with van der Waals surface area (Å²) >= 11 is 0. The van der Waals surface area contributed by atoms with E-state index in [-0.39, 0.29) is 0 Å². The summed E-state index contributed by atoms with van der Waals surface area (Å²) in [7, 11) is 0. The van der Waals surface area contributed by atoms with Crippen LogP contribution in [0.2, 0.25) is 0 Å². The molecule has 100 valence electrons. The van der Waals surface area contributed by atoms with Crippen LogP contribution >= 0.6 is 0 Å². The molecule has 3 aromatic rings. The fraction of sp³-hybridized carbons (Fsp3) is 0.200. The first kappa shape index (κ1) is 11.3. The average Bonchev–Trinajstić information content (AvgIpc) is 2.80. The molecular formula is C15H14N4O. The topological polar surface area (TPSA) is 68.2 Å². The SMILES string of the molecule is Nc1ccc2oc(N3CC(c4ccccn4)C3)nc2c1. The van der Waals surface area contributed by atoms with Crippen LogP contribution in [0.15, 0.2) is 47.0 Å². The number of nitrogens with two attached hydrogens (primary N) is 1. The van der Waals surface area contributed by atoms with Crippen LogP contribution in [0.5, 0.6) is 0 Å². The highest BCUT2D eigenvalue weighted by molar-refractivity contribution is 5.78. The van der Waals surface area contributed by atoms with Crippen LogP contribution in [0.1, 0.15) is 11.6 Å². The molecule has 5 nitrogen and oxygen atoms in total. The summed E-state index contributed by atoms with van der Waals surface area (Å²) in [5.74, 6) is 0.455. The van der Waals surface area contributed by atoms with E-state index in [0.29, 0.717) is 17.6 Å². The van der Waals surface area contributed by atoms with Crippen molar-refractivity contribution < 1.29 is 4.42 Å². The number of fused-ring (bicyclic) bond motifs is 1. The molecule has 1 aliphatic heterocycles. The Morgan fingerprint density at radius 2 is 2.10 bits per heavy atom. The van der Waals surface area contributed by atoms with Crippen molar-refractivity contribution in [3.05, 3.63) is 48.3 Å². The van der Waals surface area contributed by atoms with Gasteiger partial charge in [0.1, 0.15) is 5.52 Å². The molecule has 1 fully saturated rings. The minimum absolute atomic E-state index is 0.455. The van der Waals surface area contributed by atoms with E-state index in [1.54, 1.807) is 0 Å². The highest BCUT2D eigenvalue weighted by atomic mass is 16.4. The van der Waals surface area contributed by atoms with Crippen molar-refractivity contribution in [2.24, 2.45) is 0 Å². The molecule has 0 amide bonds. The monoisotopic (exact) mass is 266 g/mol. The fourth-order valence-electron chi connectivity index (χ4n) is 2.51. The van der Waals surface area contributed by atoms with Gasteiger partial charge < -0.3 is 15.1 Å². The number of oxazole rings is 1. The Labute approximate surface area is 116 Å². The zero-order valence-corrected chi connectivity index (χ0v) is 10.9. The lowest BCUT2D eigenvalue weighted by molar-refractivity contribution is 0.456. The molecule has 2 N–H and O–H groups in total. The number of hydrogen-bond acceptors (Lipinski definition) is 5. The molecule has 1 saturated heterocycles. The van der Waals surface area contributed by atoms with Gasteiger partial charge in [-0.3, -0.25) is 4.98 Å². The van der Waals surface area contributed by atoms with E-state index in [1.165, 1.54) is 0 Å². The number of rotatable bonds is 2. The summed E-state index contributed by atoms with van der Waals surface area (Å²) in [5.41, 5.74) is 9.16. The van der Waals surface area contributed by atoms with Crippen LogP contribution < -0.4 is 10.6 Å². The molecule has 5 heteroatoms. The first-order valence-electron chi connectivity index (χ1n) is 6.61. The van der Waals surface area contributed by atoms with E-state index in [9.17, 15) is 0 Å². The average molecular weight is 266 g/mol. The maximum Gasteiger partial charge on any atom is 0.298 e. The lowest BCUT2D eigenvalue weighted by Gasteiger charge is -2.37. The Hall–Kier alpha value is -2.56. The van der Waals surface area contributed by atoms with Gasteiger partial charge in [-0.05, 0) is 30.3 Å². The molecule has 0 bridgehead atoms. The highest BCUT2D eigenvalue weighted by Gasteiger charge is 2.32. The molecule has 20 heavy (non-hydrogen) atoms. The molecule has 0 aliphatic carbocycles. The second-order valence-corrected chi connectivity index (χ2v) is 5.08. The van der Waals surface area contributed by atoms with Crippen molar-refractivity contribution in [1.82, 2.24) is 9.97 Å². The minimum atomic E-state index is 0.455. The smallest absolute Gasteiger partial charge is 0.298 e. The maximum absolute atomic E-state index is 5.75. The molecule has 0 atom stereocenters. The molecular weight excluding hydrogens is 252 g/mol. The van der Waals surface area contributed by atoms with Gasteiger partial charge in [-0.15, -0.1) is 0 Å². The highest BCUT2D eigenvalue weighted by Crippen LogP contribution is 2.32. The van der Waals surface area contributed by atoms with Gasteiger partial charge >= 0.3 is 0 Å². The van der Waals surface area contributed by atoms with Crippen molar-refractivity contribution in [2.45, 2.75) is 5.92 Å². The third-order valence-corrected chi connectivity index (χ3v) is 3.66.